The fraction of sp³-hybridized carbons (Fsp3) is 0.583. The highest BCUT2D eigenvalue weighted by atomic mass is 32.1. The van der Waals surface area contributed by atoms with E-state index < -0.39 is 0 Å². The lowest BCUT2D eigenvalue weighted by molar-refractivity contribution is -0.128. The summed E-state index contributed by atoms with van der Waals surface area (Å²) in [5.41, 5.74) is 2.49. The van der Waals surface area contributed by atoms with Crippen molar-refractivity contribution < 1.29 is 9.59 Å². The minimum Gasteiger partial charge on any atom is -0.341 e. The highest BCUT2D eigenvalue weighted by molar-refractivity contribution is 7.11. The Hall–Kier alpha value is -1.43. The molecule has 2 amide bonds. The summed E-state index contributed by atoms with van der Waals surface area (Å²) in [7, 11) is 0. The van der Waals surface area contributed by atoms with Crippen LogP contribution in [0.25, 0.3) is 0 Å². The molecule has 18 heavy (non-hydrogen) atoms. The molecule has 0 spiro atoms. The van der Waals surface area contributed by atoms with Crippen LogP contribution in [0.3, 0.4) is 0 Å². The van der Waals surface area contributed by atoms with Gasteiger partial charge in [-0.1, -0.05) is 0 Å². The molecule has 2 rings (SSSR count). The van der Waals surface area contributed by atoms with E-state index in [1.807, 2.05) is 11.8 Å². The molecule has 1 aliphatic heterocycles. The molecule has 2 heterocycles. The van der Waals surface area contributed by atoms with E-state index in [0.29, 0.717) is 24.5 Å². The molecule has 0 aliphatic carbocycles. The molecule has 1 fully saturated rings. The predicted molar refractivity (Wildman–Crippen MR) is 69.6 cm³/mol. The Bertz CT molecular complexity index is 458. The molecule has 5 nitrogen and oxygen atoms in total. The van der Waals surface area contributed by atoms with Crippen molar-refractivity contribution in [2.24, 2.45) is 0 Å². The number of carbonyl (C=O) groups excluding carboxylic acids is 2. The molecule has 1 aromatic rings. The van der Waals surface area contributed by atoms with E-state index >= 15 is 0 Å². The SMILES string of the molecule is CC(=O)N1CCCN(C(=O)c2scnc2C)CC1. The molecule has 0 saturated carbocycles. The average molecular weight is 267 g/mol. The zero-order valence-electron chi connectivity index (χ0n) is 10.7. The van der Waals surface area contributed by atoms with Crippen molar-refractivity contribution in [2.45, 2.75) is 20.3 Å². The first-order chi connectivity index (χ1) is 8.59. The number of hydrogen-bond donors (Lipinski definition) is 0. The number of thiazole rings is 1. The van der Waals surface area contributed by atoms with Gasteiger partial charge in [-0.2, -0.15) is 0 Å². The average Bonchev–Trinajstić information content (AvgIpc) is 2.63. The van der Waals surface area contributed by atoms with Gasteiger partial charge in [0.1, 0.15) is 4.88 Å². The van der Waals surface area contributed by atoms with Crippen LogP contribution in [-0.4, -0.2) is 52.8 Å². The second kappa shape index (κ2) is 5.48. The largest absolute Gasteiger partial charge is 0.341 e. The Balaban J connectivity index is 2.04. The lowest BCUT2D eigenvalue weighted by atomic mass is 10.3. The van der Waals surface area contributed by atoms with Crippen molar-refractivity contribution in [1.82, 2.24) is 14.8 Å². The van der Waals surface area contributed by atoms with Crippen LogP contribution in [0.15, 0.2) is 5.51 Å². The zero-order valence-corrected chi connectivity index (χ0v) is 11.5. The lowest BCUT2D eigenvalue weighted by Crippen LogP contribution is -2.36. The molecule has 0 aromatic carbocycles. The second-order valence-corrected chi connectivity index (χ2v) is 5.27. The maximum absolute atomic E-state index is 12.3. The van der Waals surface area contributed by atoms with Gasteiger partial charge in [-0.15, -0.1) is 11.3 Å². The standard InChI is InChI=1S/C12H17N3O2S/c1-9-11(18-8-13-9)12(17)15-5-3-4-14(6-7-15)10(2)16/h8H,3-7H2,1-2H3. The van der Waals surface area contributed by atoms with Gasteiger partial charge in [-0.05, 0) is 13.3 Å². The van der Waals surface area contributed by atoms with Crippen LogP contribution < -0.4 is 0 Å². The van der Waals surface area contributed by atoms with Crippen LogP contribution in [0.2, 0.25) is 0 Å². The van der Waals surface area contributed by atoms with Crippen molar-refractivity contribution in [2.75, 3.05) is 26.2 Å². The minimum atomic E-state index is 0.0420. The fourth-order valence-electron chi connectivity index (χ4n) is 2.09. The van der Waals surface area contributed by atoms with Gasteiger partial charge in [-0.25, -0.2) is 4.98 Å². The topological polar surface area (TPSA) is 53.5 Å². The molecule has 0 radical (unpaired) electrons. The van der Waals surface area contributed by atoms with Crippen LogP contribution in [0.5, 0.6) is 0 Å². The van der Waals surface area contributed by atoms with E-state index in [1.165, 1.54) is 11.3 Å². The van der Waals surface area contributed by atoms with Gasteiger partial charge in [0.25, 0.3) is 5.91 Å². The Morgan fingerprint density at radius 1 is 1.22 bits per heavy atom. The van der Waals surface area contributed by atoms with E-state index in [1.54, 1.807) is 17.3 Å². The van der Waals surface area contributed by atoms with E-state index in [9.17, 15) is 9.59 Å². The first kappa shape index (κ1) is 13.0. The van der Waals surface area contributed by atoms with Gasteiger partial charge in [0.2, 0.25) is 5.91 Å². The quantitative estimate of drug-likeness (QED) is 0.767. The van der Waals surface area contributed by atoms with Gasteiger partial charge in [0.05, 0.1) is 11.2 Å². The van der Waals surface area contributed by atoms with Crippen LogP contribution in [0.4, 0.5) is 0 Å². The first-order valence-corrected chi connectivity index (χ1v) is 6.92. The summed E-state index contributed by atoms with van der Waals surface area (Å²) in [4.78, 5) is 32.1. The molecule has 0 N–H and O–H groups in total. The maximum atomic E-state index is 12.3. The predicted octanol–water partition coefficient (Wildman–Crippen LogP) is 1.15. The van der Waals surface area contributed by atoms with Crippen molar-refractivity contribution in [1.29, 1.82) is 0 Å². The van der Waals surface area contributed by atoms with Crippen LogP contribution >= 0.6 is 11.3 Å². The molecule has 1 aliphatic rings. The zero-order chi connectivity index (χ0) is 13.1. The number of carbonyl (C=O) groups is 2. The molecule has 0 bridgehead atoms. The molecular weight excluding hydrogens is 250 g/mol. The minimum absolute atomic E-state index is 0.0420. The third-order valence-corrected chi connectivity index (χ3v) is 4.08. The summed E-state index contributed by atoms with van der Waals surface area (Å²) >= 11 is 1.38. The van der Waals surface area contributed by atoms with Crippen molar-refractivity contribution >= 4 is 23.2 Å². The van der Waals surface area contributed by atoms with Crippen LogP contribution in [0, 0.1) is 6.92 Å². The highest BCUT2D eigenvalue weighted by Gasteiger charge is 2.23. The van der Waals surface area contributed by atoms with Crippen molar-refractivity contribution in [3.63, 3.8) is 0 Å². The van der Waals surface area contributed by atoms with Gasteiger partial charge in [0, 0.05) is 33.1 Å². The molecular formula is C12H17N3O2S. The Morgan fingerprint density at radius 2 is 1.89 bits per heavy atom. The van der Waals surface area contributed by atoms with Gasteiger partial charge in [0.15, 0.2) is 0 Å². The highest BCUT2D eigenvalue weighted by Crippen LogP contribution is 2.16. The number of aromatic nitrogens is 1. The maximum Gasteiger partial charge on any atom is 0.265 e. The smallest absolute Gasteiger partial charge is 0.265 e. The Morgan fingerprint density at radius 3 is 2.50 bits per heavy atom. The second-order valence-electron chi connectivity index (χ2n) is 4.42. The summed E-state index contributed by atoms with van der Waals surface area (Å²) in [6, 6.07) is 0. The summed E-state index contributed by atoms with van der Waals surface area (Å²) in [6.45, 7) is 6.10. The summed E-state index contributed by atoms with van der Waals surface area (Å²) in [6.07, 6.45) is 0.836. The third-order valence-electron chi connectivity index (χ3n) is 3.17. The summed E-state index contributed by atoms with van der Waals surface area (Å²) < 4.78 is 0. The molecule has 98 valence electrons. The number of hydrogen-bond acceptors (Lipinski definition) is 4. The Kier molecular flexibility index (Phi) is 3.96. The van der Waals surface area contributed by atoms with Gasteiger partial charge < -0.3 is 9.80 Å². The van der Waals surface area contributed by atoms with E-state index in [-0.39, 0.29) is 11.8 Å². The van der Waals surface area contributed by atoms with Crippen LogP contribution in [-0.2, 0) is 4.79 Å². The summed E-state index contributed by atoms with van der Waals surface area (Å²) in [5, 5.41) is 0. The van der Waals surface area contributed by atoms with Crippen molar-refractivity contribution in [3.8, 4) is 0 Å². The summed E-state index contributed by atoms with van der Waals surface area (Å²) in [5.74, 6) is 0.124. The lowest BCUT2D eigenvalue weighted by Gasteiger charge is -2.20. The fourth-order valence-corrected chi connectivity index (χ4v) is 2.86. The van der Waals surface area contributed by atoms with Crippen molar-refractivity contribution in [3.05, 3.63) is 16.1 Å². The van der Waals surface area contributed by atoms with E-state index in [0.717, 1.165) is 18.7 Å². The Labute approximate surface area is 110 Å². The van der Waals surface area contributed by atoms with E-state index in [2.05, 4.69) is 4.98 Å². The van der Waals surface area contributed by atoms with Gasteiger partial charge >= 0.3 is 0 Å². The molecule has 6 heteroatoms. The molecule has 0 atom stereocenters. The van der Waals surface area contributed by atoms with E-state index in [4.69, 9.17) is 0 Å². The number of amides is 2. The van der Waals surface area contributed by atoms with Crippen LogP contribution in [0.1, 0.15) is 28.7 Å². The first-order valence-electron chi connectivity index (χ1n) is 6.04. The number of aryl methyl sites for hydroxylation is 1. The van der Waals surface area contributed by atoms with Gasteiger partial charge in [-0.3, -0.25) is 9.59 Å². The third kappa shape index (κ3) is 2.69. The number of nitrogens with zero attached hydrogens (tertiary/aromatic N) is 3. The monoisotopic (exact) mass is 267 g/mol. The molecule has 1 aromatic heterocycles. The number of rotatable bonds is 1. The normalized spacial score (nSPS) is 16.6. The molecule has 0 unspecified atom stereocenters. The molecule has 1 saturated heterocycles.